The van der Waals surface area contributed by atoms with E-state index in [9.17, 15) is 4.79 Å². The summed E-state index contributed by atoms with van der Waals surface area (Å²) in [6, 6.07) is 3.91. The highest BCUT2D eigenvalue weighted by atomic mass is 32.1. The van der Waals surface area contributed by atoms with E-state index < -0.39 is 0 Å². The number of carbonyl (C=O) groups excluding carboxylic acids is 1. The molecule has 0 atom stereocenters. The second-order valence-corrected chi connectivity index (χ2v) is 7.75. The Morgan fingerprint density at radius 1 is 1.35 bits per heavy atom. The van der Waals surface area contributed by atoms with Crippen molar-refractivity contribution in [2.24, 2.45) is 0 Å². The number of anilines is 1. The van der Waals surface area contributed by atoms with E-state index in [0.29, 0.717) is 13.1 Å². The average Bonchev–Trinajstić information content (AvgIpc) is 3.05. The van der Waals surface area contributed by atoms with Crippen LogP contribution in [0.2, 0.25) is 0 Å². The molecule has 2 aromatic rings. The zero-order valence-electron chi connectivity index (χ0n) is 15.6. The van der Waals surface area contributed by atoms with Gasteiger partial charge in [-0.25, -0.2) is 14.8 Å². The van der Waals surface area contributed by atoms with Crippen molar-refractivity contribution in [2.75, 3.05) is 45.2 Å². The van der Waals surface area contributed by atoms with Crippen molar-refractivity contribution in [1.82, 2.24) is 25.1 Å². The van der Waals surface area contributed by atoms with Crippen molar-refractivity contribution in [3.05, 3.63) is 40.0 Å². The molecule has 0 radical (unpaired) electrons. The Kier molecular flexibility index (Phi) is 6.05. The molecule has 0 aliphatic carbocycles. The largest absolute Gasteiger partial charge is 0.354 e. The van der Waals surface area contributed by atoms with Gasteiger partial charge in [-0.3, -0.25) is 0 Å². The van der Waals surface area contributed by atoms with E-state index in [4.69, 9.17) is 0 Å². The molecule has 1 aliphatic heterocycles. The first-order valence-electron chi connectivity index (χ1n) is 8.79. The summed E-state index contributed by atoms with van der Waals surface area (Å²) in [5.74, 6) is 0.983. The van der Waals surface area contributed by atoms with Gasteiger partial charge in [0, 0.05) is 51.3 Å². The van der Waals surface area contributed by atoms with Crippen LogP contribution in [0.25, 0.3) is 0 Å². The normalized spacial score (nSPS) is 15.1. The lowest BCUT2D eigenvalue weighted by Crippen LogP contribution is -2.44. The van der Waals surface area contributed by atoms with Crippen LogP contribution in [0.1, 0.15) is 16.3 Å². The third kappa shape index (κ3) is 4.92. The summed E-state index contributed by atoms with van der Waals surface area (Å²) in [5.41, 5.74) is 1.98. The average molecular weight is 375 g/mol. The third-order valence-corrected chi connectivity index (χ3v) is 5.32. The fourth-order valence-electron chi connectivity index (χ4n) is 2.89. The lowest BCUT2D eigenvalue weighted by Gasteiger charge is -2.33. The number of likely N-dealkylation sites (N-methyl/N-ethyl adjacent to an activating group) is 1. The number of hydrogen-bond donors (Lipinski definition) is 1. The number of piperazine rings is 1. The van der Waals surface area contributed by atoms with Crippen LogP contribution < -0.4 is 10.2 Å². The molecule has 0 aromatic carbocycles. The zero-order chi connectivity index (χ0) is 18.5. The van der Waals surface area contributed by atoms with Gasteiger partial charge in [-0.15, -0.1) is 11.3 Å². The maximum atomic E-state index is 12.3. The standard InChI is InChI=1S/C18H26N6OS/c1-14-21-16(13-26-14)12-23(3)18(25)20-11-15-4-5-19-17(10-15)24-8-6-22(2)7-9-24/h4-5,10,13H,6-9,11-12H2,1-3H3,(H,20,25). The molecule has 8 heteroatoms. The maximum Gasteiger partial charge on any atom is 0.317 e. The maximum absolute atomic E-state index is 12.3. The monoisotopic (exact) mass is 374 g/mol. The first kappa shape index (κ1) is 18.6. The van der Waals surface area contributed by atoms with Crippen LogP contribution in [-0.2, 0) is 13.1 Å². The van der Waals surface area contributed by atoms with Crippen LogP contribution in [-0.4, -0.2) is 66.1 Å². The zero-order valence-corrected chi connectivity index (χ0v) is 16.4. The van der Waals surface area contributed by atoms with Gasteiger partial charge in [0.05, 0.1) is 17.2 Å². The smallest absolute Gasteiger partial charge is 0.317 e. The summed E-state index contributed by atoms with van der Waals surface area (Å²) in [7, 11) is 3.92. The number of rotatable bonds is 5. The summed E-state index contributed by atoms with van der Waals surface area (Å²) in [5, 5.41) is 5.98. The summed E-state index contributed by atoms with van der Waals surface area (Å²) < 4.78 is 0. The Hall–Kier alpha value is -2.19. The number of nitrogens with zero attached hydrogens (tertiary/aromatic N) is 5. The Labute approximate surface area is 158 Å². The quantitative estimate of drug-likeness (QED) is 0.866. The highest BCUT2D eigenvalue weighted by molar-refractivity contribution is 7.09. The van der Waals surface area contributed by atoms with E-state index >= 15 is 0 Å². The molecule has 140 valence electrons. The fourth-order valence-corrected chi connectivity index (χ4v) is 3.49. The predicted octanol–water partition coefficient (Wildman–Crippen LogP) is 1.94. The van der Waals surface area contributed by atoms with Gasteiger partial charge in [-0.1, -0.05) is 0 Å². The number of urea groups is 1. The van der Waals surface area contributed by atoms with Gasteiger partial charge in [-0.2, -0.15) is 0 Å². The molecule has 0 bridgehead atoms. The van der Waals surface area contributed by atoms with Crippen LogP contribution in [0.4, 0.5) is 10.6 Å². The Morgan fingerprint density at radius 2 is 2.12 bits per heavy atom. The summed E-state index contributed by atoms with van der Waals surface area (Å²) >= 11 is 1.60. The molecule has 26 heavy (non-hydrogen) atoms. The van der Waals surface area contributed by atoms with E-state index in [1.807, 2.05) is 24.6 Å². The molecule has 1 N–H and O–H groups in total. The number of aryl methyl sites for hydroxylation is 1. The molecule has 0 spiro atoms. The van der Waals surface area contributed by atoms with Crippen molar-refractivity contribution in [3.8, 4) is 0 Å². The number of carbonyl (C=O) groups is 1. The summed E-state index contributed by atoms with van der Waals surface area (Å²) in [6.07, 6.45) is 1.82. The molecular weight excluding hydrogens is 348 g/mol. The van der Waals surface area contributed by atoms with Crippen molar-refractivity contribution < 1.29 is 4.79 Å². The topological polar surface area (TPSA) is 64.6 Å². The van der Waals surface area contributed by atoms with Crippen LogP contribution in [0.5, 0.6) is 0 Å². The number of pyridine rings is 1. The van der Waals surface area contributed by atoms with E-state index in [-0.39, 0.29) is 6.03 Å². The van der Waals surface area contributed by atoms with Crippen LogP contribution in [0.15, 0.2) is 23.7 Å². The lowest BCUT2D eigenvalue weighted by molar-refractivity contribution is 0.206. The summed E-state index contributed by atoms with van der Waals surface area (Å²) in [4.78, 5) is 27.5. The van der Waals surface area contributed by atoms with E-state index in [1.54, 1.807) is 23.3 Å². The van der Waals surface area contributed by atoms with E-state index in [0.717, 1.165) is 48.3 Å². The third-order valence-electron chi connectivity index (χ3n) is 4.49. The number of nitrogens with one attached hydrogen (secondary N) is 1. The number of thiazole rings is 1. The van der Waals surface area contributed by atoms with E-state index in [1.165, 1.54) is 0 Å². The fraction of sp³-hybridized carbons (Fsp3) is 0.500. The number of amides is 2. The first-order valence-corrected chi connectivity index (χ1v) is 9.67. The Morgan fingerprint density at radius 3 is 2.81 bits per heavy atom. The second kappa shape index (κ2) is 8.46. The van der Waals surface area contributed by atoms with Crippen molar-refractivity contribution >= 4 is 23.2 Å². The van der Waals surface area contributed by atoms with Crippen molar-refractivity contribution in [1.29, 1.82) is 0 Å². The van der Waals surface area contributed by atoms with Gasteiger partial charge in [0.15, 0.2) is 0 Å². The van der Waals surface area contributed by atoms with Gasteiger partial charge in [0.25, 0.3) is 0 Å². The predicted molar refractivity (Wildman–Crippen MR) is 105 cm³/mol. The number of hydrogen-bond acceptors (Lipinski definition) is 6. The molecule has 3 rings (SSSR count). The van der Waals surface area contributed by atoms with Gasteiger partial charge < -0.3 is 20.0 Å². The minimum atomic E-state index is -0.103. The molecule has 2 amide bonds. The minimum absolute atomic E-state index is 0.103. The molecule has 2 aromatic heterocycles. The van der Waals surface area contributed by atoms with Gasteiger partial charge in [0.1, 0.15) is 5.82 Å². The molecule has 1 saturated heterocycles. The van der Waals surface area contributed by atoms with Gasteiger partial charge in [-0.05, 0) is 31.7 Å². The SMILES string of the molecule is Cc1nc(CN(C)C(=O)NCc2ccnc(N3CCN(C)CC3)c2)cs1. The molecular formula is C18H26N6OS. The van der Waals surface area contributed by atoms with Crippen LogP contribution in [0.3, 0.4) is 0 Å². The van der Waals surface area contributed by atoms with Crippen LogP contribution in [0, 0.1) is 6.92 Å². The lowest BCUT2D eigenvalue weighted by atomic mass is 10.2. The second-order valence-electron chi connectivity index (χ2n) is 6.69. The van der Waals surface area contributed by atoms with E-state index in [2.05, 4.69) is 38.2 Å². The highest BCUT2D eigenvalue weighted by Gasteiger charge is 2.16. The minimum Gasteiger partial charge on any atom is -0.354 e. The number of aromatic nitrogens is 2. The van der Waals surface area contributed by atoms with Gasteiger partial charge >= 0.3 is 6.03 Å². The Balaban J connectivity index is 1.52. The molecule has 1 aliphatic rings. The highest BCUT2D eigenvalue weighted by Crippen LogP contribution is 2.15. The van der Waals surface area contributed by atoms with Crippen LogP contribution >= 0.6 is 11.3 Å². The summed E-state index contributed by atoms with van der Waals surface area (Å²) in [6.45, 7) is 7.02. The van der Waals surface area contributed by atoms with Gasteiger partial charge in [0.2, 0.25) is 0 Å². The molecule has 1 fully saturated rings. The first-order chi connectivity index (χ1) is 12.5. The Bertz CT molecular complexity index is 741. The van der Waals surface area contributed by atoms with Crippen molar-refractivity contribution in [2.45, 2.75) is 20.0 Å². The van der Waals surface area contributed by atoms with Crippen molar-refractivity contribution in [3.63, 3.8) is 0 Å². The molecule has 0 saturated carbocycles. The molecule has 0 unspecified atom stereocenters. The molecule has 3 heterocycles. The molecule has 7 nitrogen and oxygen atoms in total.